The molecule has 2 bridgehead atoms. The Balaban J connectivity index is 1.44. The summed E-state index contributed by atoms with van der Waals surface area (Å²) in [5, 5.41) is 0. The molecule has 140 valence electrons. The van der Waals surface area contributed by atoms with Crippen molar-refractivity contribution in [1.29, 1.82) is 0 Å². The number of carbonyl (C=O) groups excluding carboxylic acids is 3. The number of benzene rings is 1. The van der Waals surface area contributed by atoms with Crippen molar-refractivity contribution in [1.82, 2.24) is 4.90 Å². The number of hydrogen-bond acceptors (Lipinski definition) is 3. The summed E-state index contributed by atoms with van der Waals surface area (Å²) >= 11 is 0. The summed E-state index contributed by atoms with van der Waals surface area (Å²) in [6.45, 7) is 5.77. The molecule has 6 atom stereocenters. The minimum Gasteiger partial charge on any atom is -0.307 e. The van der Waals surface area contributed by atoms with Crippen molar-refractivity contribution in [3.63, 3.8) is 0 Å². The maximum atomic E-state index is 13.3. The van der Waals surface area contributed by atoms with Crippen molar-refractivity contribution < 1.29 is 14.4 Å². The zero-order chi connectivity index (χ0) is 19.0. The Morgan fingerprint density at radius 2 is 1.85 bits per heavy atom. The molecule has 0 unspecified atom stereocenters. The maximum absolute atomic E-state index is 13.3. The highest BCUT2D eigenvalue weighted by Gasteiger charge is 2.62. The van der Waals surface area contributed by atoms with Gasteiger partial charge in [0.05, 0.1) is 11.8 Å². The SMILES string of the molecule is CC1=C[C@H]2C[C@H]1[C@@H]1C(=O)N([C@H](C)C(=O)N3c4ccccc4C[C@@H]3C)C(=O)[C@@H]12. The average Bonchev–Trinajstić information content (AvgIpc) is 3.34. The minimum absolute atomic E-state index is 0.0322. The van der Waals surface area contributed by atoms with Gasteiger partial charge in [0.2, 0.25) is 17.7 Å². The first-order chi connectivity index (χ1) is 12.9. The molecule has 2 fully saturated rings. The van der Waals surface area contributed by atoms with Crippen molar-refractivity contribution >= 4 is 23.4 Å². The van der Waals surface area contributed by atoms with E-state index in [1.165, 1.54) is 10.5 Å². The molecule has 1 saturated carbocycles. The van der Waals surface area contributed by atoms with Crippen LogP contribution in [0.4, 0.5) is 5.69 Å². The molecule has 1 aromatic rings. The van der Waals surface area contributed by atoms with Gasteiger partial charge in [0.15, 0.2) is 0 Å². The summed E-state index contributed by atoms with van der Waals surface area (Å²) in [6.07, 6.45) is 3.87. The second-order valence-corrected chi connectivity index (χ2v) is 8.58. The van der Waals surface area contributed by atoms with E-state index in [-0.39, 0.29) is 47.4 Å². The molecular weight excluding hydrogens is 340 g/mol. The van der Waals surface area contributed by atoms with Crippen molar-refractivity contribution in [3.05, 3.63) is 41.5 Å². The first kappa shape index (κ1) is 16.7. The zero-order valence-corrected chi connectivity index (χ0v) is 15.9. The molecule has 0 aromatic heterocycles. The van der Waals surface area contributed by atoms with Crippen LogP contribution in [0.25, 0.3) is 0 Å². The van der Waals surface area contributed by atoms with Gasteiger partial charge in [-0.3, -0.25) is 19.3 Å². The fourth-order valence-electron chi connectivity index (χ4n) is 5.89. The Kier molecular flexibility index (Phi) is 3.43. The van der Waals surface area contributed by atoms with Gasteiger partial charge < -0.3 is 4.90 Å². The molecule has 0 spiro atoms. The van der Waals surface area contributed by atoms with Crippen LogP contribution in [0.5, 0.6) is 0 Å². The maximum Gasteiger partial charge on any atom is 0.250 e. The van der Waals surface area contributed by atoms with E-state index in [1.807, 2.05) is 31.2 Å². The molecule has 0 radical (unpaired) electrons. The van der Waals surface area contributed by atoms with Crippen LogP contribution in [0.15, 0.2) is 35.9 Å². The van der Waals surface area contributed by atoms with Gasteiger partial charge in [-0.1, -0.05) is 29.8 Å². The lowest BCUT2D eigenvalue weighted by atomic mass is 9.82. The fraction of sp³-hybridized carbons (Fsp3) is 0.500. The number of rotatable bonds is 2. The van der Waals surface area contributed by atoms with Crippen molar-refractivity contribution in [2.45, 2.75) is 45.7 Å². The first-order valence-corrected chi connectivity index (χ1v) is 9.86. The molecule has 2 aliphatic carbocycles. The lowest BCUT2D eigenvalue weighted by Gasteiger charge is -2.30. The molecule has 1 saturated heterocycles. The zero-order valence-electron chi connectivity index (χ0n) is 15.9. The van der Waals surface area contributed by atoms with Gasteiger partial charge in [0, 0.05) is 11.7 Å². The van der Waals surface area contributed by atoms with Crippen molar-refractivity contribution in [2.75, 3.05) is 4.90 Å². The molecule has 1 aromatic carbocycles. The average molecular weight is 364 g/mol. The minimum atomic E-state index is -0.760. The fourth-order valence-corrected chi connectivity index (χ4v) is 5.89. The number of amides is 3. The van der Waals surface area contributed by atoms with E-state index in [4.69, 9.17) is 0 Å². The molecule has 2 aliphatic heterocycles. The number of imide groups is 1. The molecule has 3 amide bonds. The summed E-state index contributed by atoms with van der Waals surface area (Å²) in [6, 6.07) is 7.15. The van der Waals surface area contributed by atoms with Crippen molar-refractivity contribution in [2.24, 2.45) is 23.7 Å². The molecule has 5 rings (SSSR count). The second kappa shape index (κ2) is 5.54. The van der Waals surface area contributed by atoms with E-state index in [1.54, 1.807) is 11.8 Å². The summed E-state index contributed by atoms with van der Waals surface area (Å²) in [4.78, 5) is 42.6. The number of para-hydroxylation sites is 1. The van der Waals surface area contributed by atoms with Crippen LogP contribution < -0.4 is 4.90 Å². The number of allylic oxidation sites excluding steroid dienone is 2. The normalized spacial score (nSPS) is 34.8. The molecule has 5 heteroatoms. The molecule has 4 aliphatic rings. The van der Waals surface area contributed by atoms with Gasteiger partial charge in [0.1, 0.15) is 6.04 Å². The Hall–Kier alpha value is -2.43. The van der Waals surface area contributed by atoms with E-state index >= 15 is 0 Å². The van der Waals surface area contributed by atoms with Crippen molar-refractivity contribution in [3.8, 4) is 0 Å². The monoisotopic (exact) mass is 364 g/mol. The topological polar surface area (TPSA) is 57.7 Å². The van der Waals surface area contributed by atoms with E-state index < -0.39 is 6.04 Å². The molecule has 0 N–H and O–H groups in total. The van der Waals surface area contributed by atoms with E-state index in [9.17, 15) is 14.4 Å². The summed E-state index contributed by atoms with van der Waals surface area (Å²) in [7, 11) is 0. The molecular formula is C22H24N2O3. The third-order valence-electron chi connectivity index (χ3n) is 7.10. The van der Waals surface area contributed by atoms with Gasteiger partial charge >= 0.3 is 0 Å². The molecule has 2 heterocycles. The van der Waals surface area contributed by atoms with Crippen LogP contribution in [0.1, 0.15) is 32.8 Å². The molecule has 5 nitrogen and oxygen atoms in total. The van der Waals surface area contributed by atoms with Gasteiger partial charge in [-0.25, -0.2) is 0 Å². The lowest BCUT2D eigenvalue weighted by Crippen LogP contribution is -2.51. The van der Waals surface area contributed by atoms with E-state index in [2.05, 4.69) is 13.0 Å². The number of nitrogens with zero attached hydrogens (tertiary/aromatic N) is 2. The van der Waals surface area contributed by atoms with E-state index in [0.29, 0.717) is 0 Å². The van der Waals surface area contributed by atoms with Gasteiger partial charge in [0.25, 0.3) is 0 Å². The quantitative estimate of drug-likeness (QED) is 0.599. The number of fused-ring (bicyclic) bond motifs is 6. The summed E-state index contributed by atoms with van der Waals surface area (Å²) < 4.78 is 0. The standard InChI is InChI=1S/C22H24N2O3/c1-11-8-15-10-16(11)19-18(15)21(26)24(22(19)27)13(3)20(25)23-12(2)9-14-6-4-5-7-17(14)23/h4-8,12-13,15-16,18-19H,9-10H2,1-3H3/t12-,13+,15-,16+,18+,19-/m0/s1. The Bertz CT molecular complexity index is 905. The number of hydrogen-bond donors (Lipinski definition) is 0. The highest BCUT2D eigenvalue weighted by molar-refractivity contribution is 6.11. The van der Waals surface area contributed by atoms with Crippen LogP contribution in [0, 0.1) is 23.7 Å². The summed E-state index contributed by atoms with van der Waals surface area (Å²) in [5.74, 6) is -0.638. The van der Waals surface area contributed by atoms with Crippen LogP contribution in [-0.4, -0.2) is 34.7 Å². The third kappa shape index (κ3) is 2.08. The largest absolute Gasteiger partial charge is 0.307 e. The lowest BCUT2D eigenvalue weighted by molar-refractivity contribution is -0.147. The smallest absolute Gasteiger partial charge is 0.250 e. The van der Waals surface area contributed by atoms with E-state index in [0.717, 1.165) is 24.1 Å². The van der Waals surface area contributed by atoms with Gasteiger partial charge in [-0.05, 0) is 57.1 Å². The van der Waals surface area contributed by atoms with Crippen LogP contribution in [-0.2, 0) is 20.8 Å². The van der Waals surface area contributed by atoms with Crippen LogP contribution >= 0.6 is 0 Å². The van der Waals surface area contributed by atoms with Gasteiger partial charge in [-0.2, -0.15) is 0 Å². The Morgan fingerprint density at radius 1 is 1.15 bits per heavy atom. The number of carbonyl (C=O) groups is 3. The number of anilines is 1. The predicted molar refractivity (Wildman–Crippen MR) is 101 cm³/mol. The predicted octanol–water partition coefficient (Wildman–Crippen LogP) is 2.55. The Labute approximate surface area is 159 Å². The molecule has 27 heavy (non-hydrogen) atoms. The highest BCUT2D eigenvalue weighted by atomic mass is 16.2. The second-order valence-electron chi connectivity index (χ2n) is 8.58. The first-order valence-electron chi connectivity index (χ1n) is 9.86. The number of likely N-dealkylation sites (tertiary alicyclic amines) is 1. The van der Waals surface area contributed by atoms with Crippen LogP contribution in [0.2, 0.25) is 0 Å². The third-order valence-corrected chi connectivity index (χ3v) is 7.10. The highest BCUT2D eigenvalue weighted by Crippen LogP contribution is 2.55. The van der Waals surface area contributed by atoms with Crippen LogP contribution in [0.3, 0.4) is 0 Å². The Morgan fingerprint density at radius 3 is 2.63 bits per heavy atom. The summed E-state index contributed by atoms with van der Waals surface area (Å²) in [5.41, 5.74) is 3.27. The van der Waals surface area contributed by atoms with Gasteiger partial charge in [-0.15, -0.1) is 0 Å².